The van der Waals surface area contributed by atoms with E-state index in [0.717, 1.165) is 11.3 Å². The highest BCUT2D eigenvalue weighted by Crippen LogP contribution is 2.25. The SMILES string of the molecule is COc1nc(C)c(C(=O)Cl)s1. The van der Waals surface area contributed by atoms with Crippen molar-refractivity contribution in [1.29, 1.82) is 0 Å². The Bertz CT molecular complexity index is 284. The lowest BCUT2D eigenvalue weighted by molar-refractivity contribution is 0.108. The molecular formula is C6H6ClNO2S. The first-order valence-corrected chi connectivity index (χ1v) is 4.06. The minimum Gasteiger partial charge on any atom is -0.473 e. The smallest absolute Gasteiger partial charge is 0.273 e. The largest absolute Gasteiger partial charge is 0.473 e. The summed E-state index contributed by atoms with van der Waals surface area (Å²) in [5.41, 5.74) is 0.617. The summed E-state index contributed by atoms with van der Waals surface area (Å²) in [6.45, 7) is 1.72. The number of halogens is 1. The predicted octanol–water partition coefficient (Wildman–Crippen LogP) is 1.84. The van der Waals surface area contributed by atoms with Gasteiger partial charge in [0.15, 0.2) is 0 Å². The van der Waals surface area contributed by atoms with Crippen molar-refractivity contribution < 1.29 is 9.53 Å². The quantitative estimate of drug-likeness (QED) is 0.670. The average molecular weight is 192 g/mol. The van der Waals surface area contributed by atoms with Crippen LogP contribution in [0.2, 0.25) is 0 Å². The second-order valence-electron chi connectivity index (χ2n) is 1.87. The van der Waals surface area contributed by atoms with Crippen LogP contribution in [0.5, 0.6) is 5.19 Å². The normalized spacial score (nSPS) is 9.73. The molecule has 0 saturated heterocycles. The zero-order valence-electron chi connectivity index (χ0n) is 6.05. The van der Waals surface area contributed by atoms with E-state index < -0.39 is 5.24 Å². The monoisotopic (exact) mass is 191 g/mol. The fourth-order valence-electron chi connectivity index (χ4n) is 0.641. The van der Waals surface area contributed by atoms with Crippen molar-refractivity contribution in [2.75, 3.05) is 7.11 Å². The van der Waals surface area contributed by atoms with Gasteiger partial charge in [-0.2, -0.15) is 0 Å². The lowest BCUT2D eigenvalue weighted by Crippen LogP contribution is -1.86. The molecular weight excluding hydrogens is 186 g/mol. The number of carbonyl (C=O) groups is 1. The van der Waals surface area contributed by atoms with Gasteiger partial charge >= 0.3 is 0 Å². The van der Waals surface area contributed by atoms with Gasteiger partial charge in [0.1, 0.15) is 4.88 Å². The van der Waals surface area contributed by atoms with Gasteiger partial charge in [-0.1, -0.05) is 11.3 Å². The molecule has 0 aliphatic heterocycles. The number of thiazole rings is 1. The van der Waals surface area contributed by atoms with Gasteiger partial charge in [-0.15, -0.1) is 0 Å². The fraction of sp³-hybridized carbons (Fsp3) is 0.333. The minimum atomic E-state index is -0.483. The van der Waals surface area contributed by atoms with E-state index >= 15 is 0 Å². The van der Waals surface area contributed by atoms with Gasteiger partial charge in [-0.05, 0) is 18.5 Å². The van der Waals surface area contributed by atoms with Crippen molar-refractivity contribution in [3.8, 4) is 5.19 Å². The van der Waals surface area contributed by atoms with E-state index in [9.17, 15) is 4.79 Å². The molecule has 0 aliphatic carbocycles. The highest BCUT2D eigenvalue weighted by atomic mass is 35.5. The summed E-state index contributed by atoms with van der Waals surface area (Å²) in [5.74, 6) is 0. The van der Waals surface area contributed by atoms with Crippen molar-refractivity contribution in [3.05, 3.63) is 10.6 Å². The maximum absolute atomic E-state index is 10.7. The van der Waals surface area contributed by atoms with Crippen LogP contribution in [0.3, 0.4) is 0 Å². The van der Waals surface area contributed by atoms with Crippen molar-refractivity contribution in [3.63, 3.8) is 0 Å². The third-order valence-electron chi connectivity index (χ3n) is 1.13. The van der Waals surface area contributed by atoms with Crippen molar-refractivity contribution in [1.82, 2.24) is 4.98 Å². The molecule has 0 spiro atoms. The molecule has 0 unspecified atom stereocenters. The molecule has 1 heterocycles. The van der Waals surface area contributed by atoms with Crippen LogP contribution in [0.4, 0.5) is 0 Å². The maximum Gasteiger partial charge on any atom is 0.273 e. The van der Waals surface area contributed by atoms with E-state index in [2.05, 4.69) is 4.98 Å². The standard InChI is InChI=1S/C6H6ClNO2S/c1-3-4(5(7)9)11-6(8-3)10-2/h1-2H3. The van der Waals surface area contributed by atoms with E-state index in [1.807, 2.05) is 0 Å². The molecule has 11 heavy (non-hydrogen) atoms. The number of methoxy groups -OCH3 is 1. The number of aryl methyl sites for hydroxylation is 1. The maximum atomic E-state index is 10.7. The molecule has 1 rings (SSSR count). The number of hydrogen-bond acceptors (Lipinski definition) is 4. The molecule has 0 aromatic carbocycles. The van der Waals surface area contributed by atoms with Crippen LogP contribution >= 0.6 is 22.9 Å². The average Bonchev–Trinajstić information content (AvgIpc) is 2.30. The van der Waals surface area contributed by atoms with E-state index in [4.69, 9.17) is 16.3 Å². The lowest BCUT2D eigenvalue weighted by atomic mass is 10.4. The van der Waals surface area contributed by atoms with Crippen LogP contribution in [-0.2, 0) is 0 Å². The second-order valence-corrected chi connectivity index (χ2v) is 3.18. The van der Waals surface area contributed by atoms with Crippen molar-refractivity contribution >= 4 is 28.2 Å². The third kappa shape index (κ3) is 1.70. The molecule has 0 saturated carbocycles. The summed E-state index contributed by atoms with van der Waals surface area (Å²) in [7, 11) is 1.50. The van der Waals surface area contributed by atoms with Crippen molar-refractivity contribution in [2.24, 2.45) is 0 Å². The Hall–Kier alpha value is -0.610. The number of hydrogen-bond donors (Lipinski definition) is 0. The molecule has 0 fully saturated rings. The Morgan fingerprint density at radius 3 is 2.64 bits per heavy atom. The van der Waals surface area contributed by atoms with E-state index in [1.54, 1.807) is 6.92 Å². The van der Waals surface area contributed by atoms with Crippen molar-refractivity contribution in [2.45, 2.75) is 6.92 Å². The third-order valence-corrected chi connectivity index (χ3v) is 2.55. The predicted molar refractivity (Wildman–Crippen MR) is 43.6 cm³/mol. The van der Waals surface area contributed by atoms with Crippen LogP contribution < -0.4 is 4.74 Å². The zero-order valence-corrected chi connectivity index (χ0v) is 7.62. The summed E-state index contributed by atoms with van der Waals surface area (Å²) < 4.78 is 4.82. The lowest BCUT2D eigenvalue weighted by Gasteiger charge is -1.85. The van der Waals surface area contributed by atoms with E-state index in [-0.39, 0.29) is 0 Å². The Labute approximate surface area is 73.0 Å². The Morgan fingerprint density at radius 2 is 2.36 bits per heavy atom. The number of nitrogens with zero attached hydrogens (tertiary/aromatic N) is 1. The van der Waals surface area contributed by atoms with Gasteiger partial charge in [0.25, 0.3) is 10.4 Å². The van der Waals surface area contributed by atoms with Gasteiger partial charge in [0, 0.05) is 0 Å². The second kappa shape index (κ2) is 3.19. The van der Waals surface area contributed by atoms with Crippen LogP contribution in [-0.4, -0.2) is 17.3 Å². The molecule has 0 N–H and O–H groups in total. The van der Waals surface area contributed by atoms with Gasteiger partial charge in [0.05, 0.1) is 12.8 Å². The van der Waals surface area contributed by atoms with Crippen LogP contribution in [0.25, 0.3) is 0 Å². The van der Waals surface area contributed by atoms with E-state index in [0.29, 0.717) is 15.8 Å². The van der Waals surface area contributed by atoms with E-state index in [1.165, 1.54) is 7.11 Å². The Morgan fingerprint density at radius 1 is 1.73 bits per heavy atom. The molecule has 0 bridgehead atoms. The molecule has 3 nitrogen and oxygen atoms in total. The summed E-state index contributed by atoms with van der Waals surface area (Å²) in [5, 5.41) is -0.0187. The molecule has 0 radical (unpaired) electrons. The molecule has 1 aromatic heterocycles. The summed E-state index contributed by atoms with van der Waals surface area (Å²) in [6, 6.07) is 0. The first kappa shape index (κ1) is 8.49. The van der Waals surface area contributed by atoms with Gasteiger partial charge in [-0.3, -0.25) is 4.79 Å². The molecule has 60 valence electrons. The fourth-order valence-corrected chi connectivity index (χ4v) is 1.61. The first-order valence-electron chi connectivity index (χ1n) is 2.86. The highest BCUT2D eigenvalue weighted by molar-refractivity contribution is 7.17. The van der Waals surface area contributed by atoms with Gasteiger partial charge in [0.2, 0.25) is 0 Å². The topological polar surface area (TPSA) is 39.2 Å². The van der Waals surface area contributed by atoms with Gasteiger partial charge in [-0.25, -0.2) is 4.98 Å². The number of ether oxygens (including phenoxy) is 1. The molecule has 0 amide bonds. The minimum absolute atomic E-state index is 0.448. The highest BCUT2D eigenvalue weighted by Gasteiger charge is 2.12. The van der Waals surface area contributed by atoms with Crippen LogP contribution in [0.15, 0.2) is 0 Å². The molecule has 0 atom stereocenters. The molecule has 0 aliphatic rings. The molecule has 1 aromatic rings. The summed E-state index contributed by atoms with van der Waals surface area (Å²) in [6.07, 6.45) is 0. The van der Waals surface area contributed by atoms with Crippen LogP contribution in [0.1, 0.15) is 15.4 Å². The Balaban J connectivity index is 3.07. The van der Waals surface area contributed by atoms with Gasteiger partial charge < -0.3 is 4.74 Å². The van der Waals surface area contributed by atoms with Crippen LogP contribution in [0, 0.1) is 6.92 Å². The number of aromatic nitrogens is 1. The number of rotatable bonds is 2. The first-order chi connectivity index (χ1) is 5.15. The summed E-state index contributed by atoms with van der Waals surface area (Å²) in [4.78, 5) is 15.1. The Kier molecular flexibility index (Phi) is 2.46. The zero-order chi connectivity index (χ0) is 8.43. The number of carbonyl (C=O) groups excluding carboxylic acids is 1. The summed E-state index contributed by atoms with van der Waals surface area (Å²) >= 11 is 6.41. The molecule has 5 heteroatoms.